The lowest BCUT2D eigenvalue weighted by Gasteiger charge is -2.19. The van der Waals surface area contributed by atoms with Gasteiger partial charge in [-0.1, -0.05) is 12.1 Å². The lowest BCUT2D eigenvalue weighted by molar-refractivity contribution is 0.0529. The first-order chi connectivity index (χ1) is 10.8. The summed E-state index contributed by atoms with van der Waals surface area (Å²) in [5.41, 5.74) is 0.618. The molecule has 0 unspecified atom stereocenters. The van der Waals surface area contributed by atoms with Gasteiger partial charge in [0.25, 0.3) is 0 Å². The molecule has 23 heavy (non-hydrogen) atoms. The zero-order chi connectivity index (χ0) is 17.3. The Bertz CT molecular complexity index is 512. The van der Waals surface area contributed by atoms with Crippen molar-refractivity contribution in [3.8, 4) is 5.75 Å². The number of phenolic OH excluding ortho intramolecular Hbond substituents is 1. The van der Waals surface area contributed by atoms with Gasteiger partial charge >= 0.3 is 6.09 Å². The van der Waals surface area contributed by atoms with Crippen molar-refractivity contribution in [2.45, 2.75) is 32.8 Å². The molecule has 1 amide bonds. The van der Waals surface area contributed by atoms with Gasteiger partial charge < -0.3 is 25.8 Å². The van der Waals surface area contributed by atoms with Gasteiger partial charge in [0.2, 0.25) is 0 Å². The standard InChI is InChI=1S/C16H25N3O3S/c1-16(2,3)22-15(21)19-11-10-18-14(23)17-9-8-12-4-6-13(20)7-5-12/h4-7,20H,8-11H2,1-3H3,(H,19,21)(H2,17,18,23). The van der Waals surface area contributed by atoms with E-state index in [1.54, 1.807) is 12.1 Å². The van der Waals surface area contributed by atoms with Crippen molar-refractivity contribution in [1.82, 2.24) is 16.0 Å². The summed E-state index contributed by atoms with van der Waals surface area (Å²) >= 11 is 5.15. The zero-order valence-corrected chi connectivity index (χ0v) is 14.6. The number of amides is 1. The quantitative estimate of drug-likeness (QED) is 0.468. The minimum absolute atomic E-state index is 0.261. The Balaban J connectivity index is 2.08. The molecule has 0 radical (unpaired) electrons. The van der Waals surface area contributed by atoms with Gasteiger partial charge in [0.1, 0.15) is 11.4 Å². The summed E-state index contributed by atoms with van der Waals surface area (Å²) in [6, 6.07) is 7.07. The molecule has 1 aromatic carbocycles. The Morgan fingerprint density at radius 3 is 2.26 bits per heavy atom. The van der Waals surface area contributed by atoms with Gasteiger partial charge in [-0.15, -0.1) is 0 Å². The highest BCUT2D eigenvalue weighted by Gasteiger charge is 2.15. The minimum atomic E-state index is -0.497. The van der Waals surface area contributed by atoms with E-state index >= 15 is 0 Å². The number of hydrogen-bond donors (Lipinski definition) is 4. The van der Waals surface area contributed by atoms with Crippen molar-refractivity contribution in [3.63, 3.8) is 0 Å². The maximum absolute atomic E-state index is 11.4. The van der Waals surface area contributed by atoms with Crippen molar-refractivity contribution in [2.75, 3.05) is 19.6 Å². The van der Waals surface area contributed by atoms with Crippen LogP contribution in [0.2, 0.25) is 0 Å². The van der Waals surface area contributed by atoms with Crippen LogP contribution in [-0.4, -0.2) is 41.5 Å². The number of aromatic hydroxyl groups is 1. The molecule has 0 bridgehead atoms. The number of nitrogens with one attached hydrogen (secondary N) is 3. The fourth-order valence-corrected chi connectivity index (χ4v) is 1.90. The second kappa shape index (κ2) is 9.19. The zero-order valence-electron chi connectivity index (χ0n) is 13.8. The Hall–Kier alpha value is -2.02. The summed E-state index contributed by atoms with van der Waals surface area (Å²) in [5.74, 6) is 0.261. The van der Waals surface area contributed by atoms with Crippen molar-refractivity contribution in [1.29, 1.82) is 0 Å². The number of carbonyl (C=O) groups excluding carboxylic acids is 1. The third kappa shape index (κ3) is 9.57. The molecule has 0 saturated heterocycles. The summed E-state index contributed by atoms with van der Waals surface area (Å²) in [7, 11) is 0. The number of thiocarbonyl (C=S) groups is 1. The predicted octanol–water partition coefficient (Wildman–Crippen LogP) is 1.92. The third-order valence-electron chi connectivity index (χ3n) is 2.71. The Kier molecular flexibility index (Phi) is 7.61. The van der Waals surface area contributed by atoms with Crippen molar-refractivity contribution < 1.29 is 14.6 Å². The topological polar surface area (TPSA) is 82.6 Å². The molecule has 0 aliphatic rings. The van der Waals surface area contributed by atoms with E-state index in [0.717, 1.165) is 12.0 Å². The Morgan fingerprint density at radius 1 is 1.09 bits per heavy atom. The van der Waals surface area contributed by atoms with Crippen LogP contribution in [-0.2, 0) is 11.2 Å². The molecule has 0 spiro atoms. The van der Waals surface area contributed by atoms with E-state index in [0.29, 0.717) is 24.7 Å². The summed E-state index contributed by atoms with van der Waals surface area (Å²) in [6.07, 6.45) is 0.364. The molecule has 0 fully saturated rings. The van der Waals surface area contributed by atoms with Crippen LogP contribution in [0.4, 0.5) is 4.79 Å². The second-order valence-corrected chi connectivity index (χ2v) is 6.44. The molecule has 1 aromatic rings. The average molecular weight is 339 g/mol. The highest BCUT2D eigenvalue weighted by Crippen LogP contribution is 2.09. The monoisotopic (exact) mass is 339 g/mol. The highest BCUT2D eigenvalue weighted by molar-refractivity contribution is 7.80. The fraction of sp³-hybridized carbons (Fsp3) is 0.500. The molecule has 0 atom stereocenters. The molecule has 0 heterocycles. The first-order valence-corrected chi connectivity index (χ1v) is 7.93. The van der Waals surface area contributed by atoms with Gasteiger partial charge in [0.15, 0.2) is 5.11 Å². The summed E-state index contributed by atoms with van der Waals surface area (Å²) in [5, 5.41) is 18.5. The van der Waals surface area contributed by atoms with Gasteiger partial charge in [-0.2, -0.15) is 0 Å². The van der Waals surface area contributed by atoms with E-state index in [-0.39, 0.29) is 5.75 Å². The molecule has 128 valence electrons. The van der Waals surface area contributed by atoms with E-state index in [1.165, 1.54) is 0 Å². The van der Waals surface area contributed by atoms with Crippen LogP contribution in [0, 0.1) is 0 Å². The van der Waals surface area contributed by atoms with Crippen LogP contribution in [0.1, 0.15) is 26.3 Å². The molecular formula is C16H25N3O3S. The Labute approximate surface area is 142 Å². The first-order valence-electron chi connectivity index (χ1n) is 7.53. The van der Waals surface area contributed by atoms with Crippen molar-refractivity contribution in [2.24, 2.45) is 0 Å². The Morgan fingerprint density at radius 2 is 1.65 bits per heavy atom. The lowest BCUT2D eigenvalue weighted by atomic mass is 10.1. The summed E-state index contributed by atoms with van der Waals surface area (Å²) in [6.45, 7) is 7.09. The van der Waals surface area contributed by atoms with E-state index in [9.17, 15) is 9.90 Å². The van der Waals surface area contributed by atoms with Crippen LogP contribution in [0.25, 0.3) is 0 Å². The molecule has 0 saturated carbocycles. The van der Waals surface area contributed by atoms with E-state index in [2.05, 4.69) is 16.0 Å². The number of ether oxygens (including phenoxy) is 1. The second-order valence-electron chi connectivity index (χ2n) is 6.03. The number of hydrogen-bond acceptors (Lipinski definition) is 4. The number of carbonyl (C=O) groups is 1. The van der Waals surface area contributed by atoms with E-state index < -0.39 is 11.7 Å². The van der Waals surface area contributed by atoms with Crippen LogP contribution < -0.4 is 16.0 Å². The van der Waals surface area contributed by atoms with Gasteiger partial charge in [-0.05, 0) is 57.1 Å². The molecule has 0 aliphatic heterocycles. The molecular weight excluding hydrogens is 314 g/mol. The molecule has 4 N–H and O–H groups in total. The number of rotatable bonds is 6. The predicted molar refractivity (Wildman–Crippen MR) is 94.7 cm³/mol. The molecule has 6 nitrogen and oxygen atoms in total. The van der Waals surface area contributed by atoms with Gasteiger partial charge in [0.05, 0.1) is 0 Å². The average Bonchev–Trinajstić information content (AvgIpc) is 2.44. The fourth-order valence-electron chi connectivity index (χ4n) is 1.70. The first kappa shape index (κ1) is 19.0. The molecule has 7 heteroatoms. The molecule has 1 rings (SSSR count). The SMILES string of the molecule is CC(C)(C)OC(=O)NCCNC(=S)NCCc1ccc(O)cc1. The van der Waals surface area contributed by atoms with Crippen LogP contribution >= 0.6 is 12.2 Å². The minimum Gasteiger partial charge on any atom is -0.508 e. The number of phenols is 1. The van der Waals surface area contributed by atoms with Crippen LogP contribution in [0.5, 0.6) is 5.75 Å². The molecule has 0 aromatic heterocycles. The van der Waals surface area contributed by atoms with Crippen molar-refractivity contribution in [3.05, 3.63) is 29.8 Å². The number of benzene rings is 1. The highest BCUT2D eigenvalue weighted by atomic mass is 32.1. The van der Waals surface area contributed by atoms with Gasteiger partial charge in [0, 0.05) is 19.6 Å². The number of alkyl carbamates (subject to hydrolysis) is 1. The van der Waals surface area contributed by atoms with E-state index in [4.69, 9.17) is 17.0 Å². The van der Waals surface area contributed by atoms with Crippen LogP contribution in [0.3, 0.4) is 0 Å². The molecule has 0 aliphatic carbocycles. The van der Waals surface area contributed by atoms with Crippen molar-refractivity contribution >= 4 is 23.4 Å². The maximum atomic E-state index is 11.4. The maximum Gasteiger partial charge on any atom is 0.407 e. The summed E-state index contributed by atoms with van der Waals surface area (Å²) < 4.78 is 5.12. The largest absolute Gasteiger partial charge is 0.508 e. The van der Waals surface area contributed by atoms with Crippen LogP contribution in [0.15, 0.2) is 24.3 Å². The smallest absolute Gasteiger partial charge is 0.407 e. The van der Waals surface area contributed by atoms with Gasteiger partial charge in [-0.3, -0.25) is 0 Å². The normalized spacial score (nSPS) is 10.7. The van der Waals surface area contributed by atoms with E-state index in [1.807, 2.05) is 32.9 Å². The lowest BCUT2D eigenvalue weighted by Crippen LogP contribution is -2.41. The third-order valence-corrected chi connectivity index (χ3v) is 3.00. The summed E-state index contributed by atoms with van der Waals surface area (Å²) in [4.78, 5) is 11.4. The van der Waals surface area contributed by atoms with Gasteiger partial charge in [-0.25, -0.2) is 4.79 Å².